The molecule has 4 heterocycles. The van der Waals surface area contributed by atoms with Gasteiger partial charge in [-0.3, -0.25) is 44.1 Å². The molecule has 0 saturated carbocycles. The predicted octanol–water partition coefficient (Wildman–Crippen LogP) is 3.70. The van der Waals surface area contributed by atoms with Gasteiger partial charge in [0.1, 0.15) is 23.3 Å². The first-order valence-corrected chi connectivity index (χ1v) is 18.6. The highest BCUT2D eigenvalue weighted by molar-refractivity contribution is 6.07. The minimum absolute atomic E-state index is 0.0678. The normalized spacial score (nSPS) is 16.5. The van der Waals surface area contributed by atoms with Crippen LogP contribution in [0.5, 0.6) is 17.2 Å². The molecule has 6 rings (SSSR count). The number of hydrogen-bond donors (Lipinski definition) is 1. The number of unbranched alkanes of at least 4 members (excludes halogenated alkanes) is 2. The summed E-state index contributed by atoms with van der Waals surface area (Å²) in [6.07, 6.45) is 8.61. The summed E-state index contributed by atoms with van der Waals surface area (Å²) in [4.78, 5) is 71.3. The Balaban J connectivity index is 0.950. The summed E-state index contributed by atoms with van der Waals surface area (Å²) in [5.41, 5.74) is 3.62. The first kappa shape index (κ1) is 39.1. The fourth-order valence-electron chi connectivity index (χ4n) is 7.35. The number of hydrogen-bond acceptors (Lipinski definition) is 11. The second kappa shape index (κ2) is 17.7. The molecule has 4 amide bonds. The van der Waals surface area contributed by atoms with Crippen LogP contribution < -0.4 is 25.1 Å². The molecule has 2 saturated heterocycles. The Morgan fingerprint density at radius 2 is 1.69 bits per heavy atom. The largest absolute Gasteiger partial charge is 0.496 e. The summed E-state index contributed by atoms with van der Waals surface area (Å²) in [6.45, 7) is 7.77. The Labute approximate surface area is 320 Å². The molecule has 290 valence electrons. The van der Waals surface area contributed by atoms with Crippen LogP contribution in [0.25, 0.3) is 21.9 Å². The number of methoxy groups -OCH3 is 2. The molecule has 2 aliphatic heterocycles. The number of carbonyl (C=O) groups is 4. The van der Waals surface area contributed by atoms with Gasteiger partial charge in [0.2, 0.25) is 18.2 Å². The van der Waals surface area contributed by atoms with Crippen molar-refractivity contribution in [3.05, 3.63) is 82.0 Å². The van der Waals surface area contributed by atoms with Crippen molar-refractivity contribution in [2.24, 2.45) is 7.05 Å². The number of aryl methyl sites for hydroxylation is 2. The van der Waals surface area contributed by atoms with Crippen molar-refractivity contribution in [2.75, 3.05) is 53.6 Å². The lowest BCUT2D eigenvalue weighted by Gasteiger charge is -2.35. The Hall–Kier alpha value is -5.60. The number of rotatable bonds is 15. The molecule has 0 bridgehead atoms. The van der Waals surface area contributed by atoms with Gasteiger partial charge in [0.05, 0.1) is 31.8 Å². The van der Waals surface area contributed by atoms with E-state index >= 15 is 0 Å². The molecule has 1 atom stereocenters. The number of pyridine rings is 2. The number of benzene rings is 2. The standard InChI is InChI=1S/C41H48N6O8/c1-27-20-29(8-9-30(27)41(52)47(26-48)35-10-11-38(49)43-39(35)50)55-19-7-5-6-14-45-15-17-46(18-16-45)25-34-36(53-3)21-28(22-37(34)54-4)33-24-44(2)40(51)32-23-42-13-12-31(32)33/h8-9,12-13,20-24,26,35H,5-7,10-11,14-19,25H2,1-4H3,(H,43,49,50). The highest BCUT2D eigenvalue weighted by Crippen LogP contribution is 2.38. The van der Waals surface area contributed by atoms with E-state index < -0.39 is 23.8 Å². The van der Waals surface area contributed by atoms with E-state index in [0.29, 0.717) is 41.8 Å². The van der Waals surface area contributed by atoms with E-state index in [4.69, 9.17) is 14.2 Å². The Morgan fingerprint density at radius 3 is 2.36 bits per heavy atom. The molecule has 55 heavy (non-hydrogen) atoms. The fraction of sp³-hybridized carbons (Fsp3) is 0.415. The van der Waals surface area contributed by atoms with Gasteiger partial charge in [0.15, 0.2) is 0 Å². The van der Waals surface area contributed by atoms with E-state index in [0.717, 1.165) is 90.5 Å². The van der Waals surface area contributed by atoms with E-state index in [9.17, 15) is 24.0 Å². The maximum atomic E-state index is 13.1. The molecule has 0 radical (unpaired) electrons. The third-order valence-electron chi connectivity index (χ3n) is 10.5. The van der Waals surface area contributed by atoms with Gasteiger partial charge in [-0.1, -0.05) is 0 Å². The number of piperazine rings is 1. The highest BCUT2D eigenvalue weighted by atomic mass is 16.5. The van der Waals surface area contributed by atoms with Gasteiger partial charge in [-0.15, -0.1) is 0 Å². The van der Waals surface area contributed by atoms with Crippen LogP contribution in [0, 0.1) is 6.92 Å². The van der Waals surface area contributed by atoms with Crippen LogP contribution in [-0.4, -0.2) is 108 Å². The first-order valence-electron chi connectivity index (χ1n) is 18.6. The number of piperidine rings is 1. The van der Waals surface area contributed by atoms with Crippen LogP contribution in [0.2, 0.25) is 0 Å². The van der Waals surface area contributed by atoms with Gasteiger partial charge < -0.3 is 23.7 Å². The second-order valence-corrected chi connectivity index (χ2v) is 14.0. The maximum Gasteiger partial charge on any atom is 0.261 e. The van der Waals surface area contributed by atoms with Gasteiger partial charge in [0.25, 0.3) is 11.5 Å². The summed E-state index contributed by atoms with van der Waals surface area (Å²) in [6, 6.07) is 9.94. The molecule has 2 fully saturated rings. The van der Waals surface area contributed by atoms with Crippen LogP contribution in [-0.2, 0) is 28.0 Å². The average Bonchev–Trinajstić information content (AvgIpc) is 3.19. The number of amides is 4. The fourth-order valence-corrected chi connectivity index (χ4v) is 7.35. The number of nitrogens with zero attached hydrogens (tertiary/aromatic N) is 5. The summed E-state index contributed by atoms with van der Waals surface area (Å²) in [7, 11) is 5.09. The van der Waals surface area contributed by atoms with Gasteiger partial charge in [-0.2, -0.15) is 0 Å². The second-order valence-electron chi connectivity index (χ2n) is 14.0. The van der Waals surface area contributed by atoms with Gasteiger partial charge in [0, 0.05) is 75.9 Å². The molecule has 14 heteroatoms. The van der Waals surface area contributed by atoms with Crippen molar-refractivity contribution in [3.8, 4) is 28.4 Å². The van der Waals surface area contributed by atoms with Crippen LogP contribution in [0.1, 0.15) is 53.6 Å². The number of nitrogens with one attached hydrogen (secondary N) is 1. The van der Waals surface area contributed by atoms with Crippen molar-refractivity contribution >= 4 is 34.9 Å². The molecule has 2 aliphatic rings. The molecule has 0 aliphatic carbocycles. The van der Waals surface area contributed by atoms with Crippen molar-refractivity contribution in [2.45, 2.75) is 51.6 Å². The summed E-state index contributed by atoms with van der Waals surface area (Å²) in [5.74, 6) is 0.458. The van der Waals surface area contributed by atoms with E-state index in [1.165, 1.54) is 0 Å². The zero-order valence-electron chi connectivity index (χ0n) is 31.8. The van der Waals surface area contributed by atoms with Gasteiger partial charge in [-0.25, -0.2) is 0 Å². The third-order valence-corrected chi connectivity index (χ3v) is 10.5. The van der Waals surface area contributed by atoms with E-state index in [-0.39, 0.29) is 18.4 Å². The van der Waals surface area contributed by atoms with Crippen LogP contribution in [0.4, 0.5) is 0 Å². The molecule has 14 nitrogen and oxygen atoms in total. The molecule has 1 unspecified atom stereocenters. The quantitative estimate of drug-likeness (QED) is 0.108. The summed E-state index contributed by atoms with van der Waals surface area (Å²) < 4.78 is 19.3. The number of fused-ring (bicyclic) bond motifs is 1. The third kappa shape index (κ3) is 8.87. The van der Waals surface area contributed by atoms with Crippen molar-refractivity contribution in [1.29, 1.82) is 0 Å². The zero-order chi connectivity index (χ0) is 39.1. The van der Waals surface area contributed by atoms with Crippen LogP contribution in [0.15, 0.2) is 59.8 Å². The lowest BCUT2D eigenvalue weighted by atomic mass is 9.99. The molecule has 4 aromatic rings. The Kier molecular flexibility index (Phi) is 12.6. The summed E-state index contributed by atoms with van der Waals surface area (Å²) in [5, 5.41) is 3.57. The van der Waals surface area contributed by atoms with Crippen molar-refractivity contribution in [1.82, 2.24) is 29.6 Å². The Morgan fingerprint density at radius 1 is 0.964 bits per heavy atom. The van der Waals surface area contributed by atoms with E-state index in [1.54, 1.807) is 63.4 Å². The molecule has 0 spiro atoms. The molecule has 2 aromatic heterocycles. The minimum atomic E-state index is -1.01. The number of carbonyl (C=O) groups excluding carboxylic acids is 4. The number of aromatic nitrogens is 2. The van der Waals surface area contributed by atoms with Crippen LogP contribution in [0.3, 0.4) is 0 Å². The molecular weight excluding hydrogens is 704 g/mol. The highest BCUT2D eigenvalue weighted by Gasteiger charge is 2.35. The number of imide groups is 2. The Bertz CT molecular complexity index is 2100. The monoisotopic (exact) mass is 752 g/mol. The average molecular weight is 753 g/mol. The molecular formula is C41H48N6O8. The SMILES string of the molecule is COc1cc(-c2cn(C)c(=O)c3cnccc23)cc(OC)c1CN1CCN(CCCCCOc2ccc(C(=O)N(C=O)C3CCC(=O)NC3=O)c(C)c2)CC1. The lowest BCUT2D eigenvalue weighted by molar-refractivity contribution is -0.139. The zero-order valence-corrected chi connectivity index (χ0v) is 31.8. The van der Waals surface area contributed by atoms with Crippen LogP contribution >= 0.6 is 0 Å². The maximum absolute atomic E-state index is 13.1. The topological polar surface area (TPSA) is 153 Å². The molecule has 2 aromatic carbocycles. The van der Waals surface area contributed by atoms with Gasteiger partial charge in [-0.05, 0) is 92.1 Å². The summed E-state index contributed by atoms with van der Waals surface area (Å²) >= 11 is 0. The van der Waals surface area contributed by atoms with Crippen molar-refractivity contribution in [3.63, 3.8) is 0 Å². The van der Waals surface area contributed by atoms with E-state index in [1.807, 2.05) is 24.4 Å². The minimum Gasteiger partial charge on any atom is -0.496 e. The predicted molar refractivity (Wildman–Crippen MR) is 206 cm³/mol. The molecule has 1 N–H and O–H groups in total. The van der Waals surface area contributed by atoms with Crippen molar-refractivity contribution < 1.29 is 33.4 Å². The smallest absolute Gasteiger partial charge is 0.261 e. The lowest BCUT2D eigenvalue weighted by Crippen LogP contribution is -2.53. The number of ether oxygens (including phenoxy) is 3. The van der Waals surface area contributed by atoms with E-state index in [2.05, 4.69) is 20.1 Å². The van der Waals surface area contributed by atoms with Gasteiger partial charge >= 0.3 is 0 Å². The first-order chi connectivity index (χ1) is 26.6.